The lowest BCUT2D eigenvalue weighted by atomic mass is 10.1. The Morgan fingerprint density at radius 1 is 1.08 bits per heavy atom. The molecule has 2 amide bonds. The van der Waals surface area contributed by atoms with Crippen molar-refractivity contribution in [2.45, 2.75) is 20.3 Å². The van der Waals surface area contributed by atoms with Crippen molar-refractivity contribution in [1.29, 1.82) is 0 Å². The van der Waals surface area contributed by atoms with Crippen LogP contribution in [0.3, 0.4) is 0 Å². The van der Waals surface area contributed by atoms with Gasteiger partial charge in [0.15, 0.2) is 0 Å². The molecule has 2 rings (SSSR count). The molecule has 1 saturated heterocycles. The minimum atomic E-state index is -0.610. The van der Waals surface area contributed by atoms with Gasteiger partial charge in [-0.15, -0.1) is 0 Å². The van der Waals surface area contributed by atoms with E-state index in [1.165, 1.54) is 0 Å². The Kier molecular flexibility index (Phi) is 6.75. The SMILES string of the molecule is Cc1ccc(NC(=O)C(=O)NCCCN2CCN(C)CC2)c(C)c1. The molecular formula is C18H28N4O2. The van der Waals surface area contributed by atoms with Crippen LogP contribution >= 0.6 is 0 Å². The maximum Gasteiger partial charge on any atom is 0.313 e. The number of carbonyl (C=O) groups is 2. The normalized spacial score (nSPS) is 16.0. The Bertz CT molecular complexity index is 580. The molecule has 1 aromatic rings. The first-order chi connectivity index (χ1) is 11.5. The summed E-state index contributed by atoms with van der Waals surface area (Å²) in [5.74, 6) is -1.19. The summed E-state index contributed by atoms with van der Waals surface area (Å²) in [5, 5.41) is 5.36. The molecule has 6 nitrogen and oxygen atoms in total. The van der Waals surface area contributed by atoms with E-state index in [-0.39, 0.29) is 0 Å². The van der Waals surface area contributed by atoms with Gasteiger partial charge in [-0.25, -0.2) is 0 Å². The predicted octanol–water partition coefficient (Wildman–Crippen LogP) is 0.996. The molecule has 6 heteroatoms. The van der Waals surface area contributed by atoms with Gasteiger partial charge < -0.3 is 20.4 Å². The van der Waals surface area contributed by atoms with Crippen LogP contribution in [0, 0.1) is 13.8 Å². The van der Waals surface area contributed by atoms with E-state index in [2.05, 4.69) is 27.5 Å². The van der Waals surface area contributed by atoms with Crippen molar-refractivity contribution in [3.8, 4) is 0 Å². The Labute approximate surface area is 144 Å². The van der Waals surface area contributed by atoms with Crippen molar-refractivity contribution in [3.63, 3.8) is 0 Å². The quantitative estimate of drug-likeness (QED) is 0.624. The van der Waals surface area contributed by atoms with Crippen LogP contribution in [0.2, 0.25) is 0 Å². The largest absolute Gasteiger partial charge is 0.348 e. The minimum Gasteiger partial charge on any atom is -0.348 e. The third-order valence-electron chi connectivity index (χ3n) is 4.37. The molecule has 1 heterocycles. The summed E-state index contributed by atoms with van der Waals surface area (Å²) in [6, 6.07) is 5.71. The number of nitrogens with zero attached hydrogens (tertiary/aromatic N) is 2. The molecule has 0 radical (unpaired) electrons. The van der Waals surface area contributed by atoms with Crippen molar-refractivity contribution in [2.24, 2.45) is 0 Å². The molecule has 0 aliphatic carbocycles. The van der Waals surface area contributed by atoms with Crippen molar-refractivity contribution in [2.75, 3.05) is 51.6 Å². The fraction of sp³-hybridized carbons (Fsp3) is 0.556. The molecule has 0 unspecified atom stereocenters. The standard InChI is InChI=1S/C18H28N4O2/c1-14-5-6-16(15(2)13-14)20-18(24)17(23)19-7-4-8-22-11-9-21(3)10-12-22/h5-6,13H,4,7-12H2,1-3H3,(H,19,23)(H,20,24). The van der Waals surface area contributed by atoms with Gasteiger partial charge in [-0.05, 0) is 45.5 Å². The molecule has 1 aliphatic rings. The molecule has 0 bridgehead atoms. The van der Waals surface area contributed by atoms with Crippen LogP contribution in [0.25, 0.3) is 0 Å². The van der Waals surface area contributed by atoms with Gasteiger partial charge in [0.2, 0.25) is 0 Å². The van der Waals surface area contributed by atoms with E-state index < -0.39 is 11.8 Å². The summed E-state index contributed by atoms with van der Waals surface area (Å²) in [7, 11) is 2.13. The number of benzene rings is 1. The highest BCUT2D eigenvalue weighted by Gasteiger charge is 2.15. The molecule has 0 aromatic heterocycles. The Morgan fingerprint density at radius 2 is 1.79 bits per heavy atom. The van der Waals surface area contributed by atoms with Crippen LogP contribution in [0.5, 0.6) is 0 Å². The topological polar surface area (TPSA) is 64.7 Å². The van der Waals surface area contributed by atoms with E-state index in [4.69, 9.17) is 0 Å². The molecular weight excluding hydrogens is 304 g/mol. The van der Waals surface area contributed by atoms with E-state index in [1.54, 1.807) is 0 Å². The second-order valence-corrected chi connectivity index (χ2v) is 6.53. The zero-order chi connectivity index (χ0) is 17.5. The summed E-state index contributed by atoms with van der Waals surface area (Å²) in [6.07, 6.45) is 0.853. The lowest BCUT2D eigenvalue weighted by Crippen LogP contribution is -2.45. The second-order valence-electron chi connectivity index (χ2n) is 6.53. The van der Waals surface area contributed by atoms with Gasteiger partial charge in [-0.2, -0.15) is 0 Å². The Balaban J connectivity index is 1.67. The maximum absolute atomic E-state index is 11.9. The lowest BCUT2D eigenvalue weighted by molar-refractivity contribution is -0.136. The van der Waals surface area contributed by atoms with Gasteiger partial charge in [0.05, 0.1) is 0 Å². The average molecular weight is 332 g/mol. The van der Waals surface area contributed by atoms with E-state index in [0.29, 0.717) is 12.2 Å². The maximum atomic E-state index is 11.9. The van der Waals surface area contributed by atoms with E-state index in [0.717, 1.165) is 50.3 Å². The fourth-order valence-electron chi connectivity index (χ4n) is 2.79. The summed E-state index contributed by atoms with van der Waals surface area (Å²) < 4.78 is 0. The first-order valence-corrected chi connectivity index (χ1v) is 8.53. The van der Waals surface area contributed by atoms with Crippen LogP contribution < -0.4 is 10.6 Å². The highest BCUT2D eigenvalue weighted by Crippen LogP contribution is 2.15. The van der Waals surface area contributed by atoms with E-state index >= 15 is 0 Å². The van der Waals surface area contributed by atoms with Gasteiger partial charge in [-0.1, -0.05) is 17.7 Å². The smallest absolute Gasteiger partial charge is 0.313 e. The number of amides is 2. The molecule has 0 spiro atoms. The predicted molar refractivity (Wildman–Crippen MR) is 96.1 cm³/mol. The molecule has 1 fully saturated rings. The Hall–Kier alpha value is -1.92. The number of nitrogens with one attached hydrogen (secondary N) is 2. The Morgan fingerprint density at radius 3 is 2.46 bits per heavy atom. The van der Waals surface area contributed by atoms with Gasteiger partial charge in [-0.3, -0.25) is 9.59 Å². The molecule has 1 aromatic carbocycles. The summed E-state index contributed by atoms with van der Waals surface area (Å²) in [4.78, 5) is 28.5. The van der Waals surface area contributed by atoms with Crippen LogP contribution in [-0.2, 0) is 9.59 Å². The van der Waals surface area contributed by atoms with Crippen LogP contribution in [-0.4, -0.2) is 67.9 Å². The van der Waals surface area contributed by atoms with E-state index in [1.807, 2.05) is 32.0 Å². The first-order valence-electron chi connectivity index (χ1n) is 8.53. The van der Waals surface area contributed by atoms with Crippen LogP contribution in [0.1, 0.15) is 17.5 Å². The minimum absolute atomic E-state index is 0.519. The molecule has 1 aliphatic heterocycles. The summed E-state index contributed by atoms with van der Waals surface area (Å²) >= 11 is 0. The summed E-state index contributed by atoms with van der Waals surface area (Å²) in [5.41, 5.74) is 2.75. The highest BCUT2D eigenvalue weighted by molar-refractivity contribution is 6.39. The third kappa shape index (κ3) is 5.62. The number of likely N-dealkylation sites (N-methyl/N-ethyl adjacent to an activating group) is 1. The zero-order valence-electron chi connectivity index (χ0n) is 14.9. The van der Waals surface area contributed by atoms with Crippen LogP contribution in [0.4, 0.5) is 5.69 Å². The molecule has 24 heavy (non-hydrogen) atoms. The van der Waals surface area contributed by atoms with Crippen molar-refractivity contribution < 1.29 is 9.59 Å². The summed E-state index contributed by atoms with van der Waals surface area (Å²) in [6.45, 7) is 9.69. The molecule has 132 valence electrons. The zero-order valence-corrected chi connectivity index (χ0v) is 14.9. The van der Waals surface area contributed by atoms with Gasteiger partial charge in [0.25, 0.3) is 0 Å². The number of piperazine rings is 1. The number of anilines is 1. The lowest BCUT2D eigenvalue weighted by Gasteiger charge is -2.32. The number of rotatable bonds is 5. The number of hydrogen-bond acceptors (Lipinski definition) is 4. The molecule has 0 saturated carbocycles. The highest BCUT2D eigenvalue weighted by atomic mass is 16.2. The van der Waals surface area contributed by atoms with Crippen molar-refractivity contribution in [3.05, 3.63) is 29.3 Å². The third-order valence-corrected chi connectivity index (χ3v) is 4.37. The van der Waals surface area contributed by atoms with E-state index in [9.17, 15) is 9.59 Å². The fourth-order valence-corrected chi connectivity index (χ4v) is 2.79. The number of aryl methyl sites for hydroxylation is 2. The second kappa shape index (κ2) is 8.80. The van der Waals surface area contributed by atoms with Crippen molar-refractivity contribution in [1.82, 2.24) is 15.1 Å². The van der Waals surface area contributed by atoms with Gasteiger partial charge in [0, 0.05) is 38.4 Å². The van der Waals surface area contributed by atoms with Gasteiger partial charge >= 0.3 is 11.8 Å². The number of carbonyl (C=O) groups excluding carboxylic acids is 2. The monoisotopic (exact) mass is 332 g/mol. The molecule has 2 N–H and O–H groups in total. The van der Waals surface area contributed by atoms with Crippen molar-refractivity contribution >= 4 is 17.5 Å². The average Bonchev–Trinajstić information content (AvgIpc) is 2.55. The first kappa shape index (κ1) is 18.4. The van der Waals surface area contributed by atoms with Gasteiger partial charge in [0.1, 0.15) is 0 Å². The number of hydrogen-bond donors (Lipinski definition) is 2. The van der Waals surface area contributed by atoms with Crippen LogP contribution in [0.15, 0.2) is 18.2 Å². The molecule has 0 atom stereocenters.